The molecule has 3 unspecified atom stereocenters. The molecule has 0 aromatic heterocycles. The first-order chi connectivity index (χ1) is 7.87. The Morgan fingerprint density at radius 3 is 2.59 bits per heavy atom. The van der Waals surface area contributed by atoms with E-state index in [1.54, 1.807) is 6.08 Å². The van der Waals surface area contributed by atoms with Gasteiger partial charge >= 0.3 is 0 Å². The molecular formula is C12H21NO3S. The van der Waals surface area contributed by atoms with Crippen LogP contribution < -0.4 is 5.14 Å². The van der Waals surface area contributed by atoms with Gasteiger partial charge in [-0.2, -0.15) is 0 Å². The molecular weight excluding hydrogens is 238 g/mol. The normalized spacial score (nSPS) is 30.5. The van der Waals surface area contributed by atoms with Gasteiger partial charge in [-0.25, -0.2) is 13.6 Å². The first-order valence-electron chi connectivity index (χ1n) is 5.86. The minimum atomic E-state index is -3.83. The third-order valence-corrected chi connectivity index (χ3v) is 5.22. The van der Waals surface area contributed by atoms with Gasteiger partial charge in [-0.15, -0.1) is 0 Å². The van der Waals surface area contributed by atoms with E-state index >= 15 is 0 Å². The molecule has 0 aromatic rings. The van der Waals surface area contributed by atoms with Crippen LogP contribution in [0.3, 0.4) is 0 Å². The van der Waals surface area contributed by atoms with Crippen molar-refractivity contribution in [1.29, 1.82) is 0 Å². The molecule has 0 amide bonds. The van der Waals surface area contributed by atoms with Crippen molar-refractivity contribution in [2.45, 2.75) is 31.4 Å². The molecule has 0 radical (unpaired) electrons. The monoisotopic (exact) mass is 259 g/mol. The zero-order valence-corrected chi connectivity index (χ0v) is 11.2. The second-order valence-corrected chi connectivity index (χ2v) is 6.61. The maximum atomic E-state index is 11.8. The first-order valence-corrected chi connectivity index (χ1v) is 7.41. The van der Waals surface area contributed by atoms with Crippen LogP contribution in [0.2, 0.25) is 0 Å². The number of hydrogen-bond acceptors (Lipinski definition) is 3. The summed E-state index contributed by atoms with van der Waals surface area (Å²) >= 11 is 0. The van der Waals surface area contributed by atoms with Crippen molar-refractivity contribution in [3.63, 3.8) is 0 Å². The number of rotatable bonds is 5. The lowest BCUT2D eigenvalue weighted by Crippen LogP contribution is -2.51. The summed E-state index contributed by atoms with van der Waals surface area (Å²) in [5.74, 6) is 0.131. The van der Waals surface area contributed by atoms with Gasteiger partial charge in [-0.05, 0) is 12.3 Å². The largest absolute Gasteiger partial charge is 0.394 e. The van der Waals surface area contributed by atoms with Crippen LogP contribution >= 0.6 is 0 Å². The number of sulfonamides is 1. The van der Waals surface area contributed by atoms with Crippen LogP contribution in [0.5, 0.6) is 0 Å². The number of aliphatic hydroxyl groups excluding tert-OH is 1. The van der Waals surface area contributed by atoms with Gasteiger partial charge in [0.1, 0.15) is 4.75 Å². The summed E-state index contributed by atoms with van der Waals surface area (Å²) in [5.41, 5.74) is 0. The van der Waals surface area contributed by atoms with Crippen molar-refractivity contribution in [2.75, 3.05) is 6.61 Å². The van der Waals surface area contributed by atoms with Crippen molar-refractivity contribution in [2.24, 2.45) is 17.0 Å². The molecule has 3 N–H and O–H groups in total. The van der Waals surface area contributed by atoms with Crippen LogP contribution in [0.15, 0.2) is 24.3 Å². The molecule has 4 nitrogen and oxygen atoms in total. The quantitative estimate of drug-likeness (QED) is 0.778. The molecule has 1 aliphatic carbocycles. The molecule has 0 saturated carbocycles. The number of nitrogens with two attached hydrogens (primary N) is 1. The molecule has 0 spiro atoms. The number of allylic oxidation sites excluding steroid dienone is 3. The second kappa shape index (κ2) is 5.33. The SMILES string of the molecule is CCC(C)CC1C=CC=CC1(CO)S(N)(=O)=O. The van der Waals surface area contributed by atoms with E-state index in [0.717, 1.165) is 6.42 Å². The molecule has 1 rings (SSSR count). The molecule has 98 valence electrons. The van der Waals surface area contributed by atoms with Gasteiger partial charge in [0, 0.05) is 5.92 Å². The lowest BCUT2D eigenvalue weighted by atomic mass is 9.81. The molecule has 0 fully saturated rings. The highest BCUT2D eigenvalue weighted by atomic mass is 32.2. The van der Waals surface area contributed by atoms with Crippen molar-refractivity contribution < 1.29 is 13.5 Å². The maximum Gasteiger partial charge on any atom is 0.221 e. The summed E-state index contributed by atoms with van der Waals surface area (Å²) in [7, 11) is -3.83. The minimum Gasteiger partial charge on any atom is -0.394 e. The highest BCUT2D eigenvalue weighted by Crippen LogP contribution is 2.35. The zero-order valence-electron chi connectivity index (χ0n) is 10.3. The fourth-order valence-corrected chi connectivity index (χ4v) is 3.19. The van der Waals surface area contributed by atoms with E-state index < -0.39 is 21.4 Å². The predicted octanol–water partition coefficient (Wildman–Crippen LogP) is 1.18. The Labute approximate surface area is 103 Å². The van der Waals surface area contributed by atoms with Crippen LogP contribution in [0.1, 0.15) is 26.7 Å². The van der Waals surface area contributed by atoms with Gasteiger partial charge in [-0.3, -0.25) is 0 Å². The Bertz CT molecular complexity index is 413. The Morgan fingerprint density at radius 1 is 1.47 bits per heavy atom. The average molecular weight is 259 g/mol. The Hall–Kier alpha value is -0.650. The molecule has 1 aliphatic rings. The van der Waals surface area contributed by atoms with Gasteiger partial charge in [0.25, 0.3) is 0 Å². The van der Waals surface area contributed by atoms with Crippen LogP contribution in [0.4, 0.5) is 0 Å². The lowest BCUT2D eigenvalue weighted by molar-refractivity contribution is 0.223. The third-order valence-electron chi connectivity index (χ3n) is 3.59. The topological polar surface area (TPSA) is 80.4 Å². The Balaban J connectivity index is 3.09. The summed E-state index contributed by atoms with van der Waals surface area (Å²) in [6.45, 7) is 3.65. The third kappa shape index (κ3) is 2.78. The standard InChI is InChI=1S/C12H21NO3S/c1-3-10(2)8-11-6-4-5-7-12(11,9-14)17(13,15)16/h4-7,10-11,14H,3,8-9H2,1-2H3,(H2,13,15,16). The molecule has 0 aromatic carbocycles. The maximum absolute atomic E-state index is 11.8. The van der Waals surface area contributed by atoms with E-state index in [1.807, 2.05) is 12.2 Å². The minimum absolute atomic E-state index is 0.262. The molecule has 17 heavy (non-hydrogen) atoms. The van der Waals surface area contributed by atoms with Gasteiger partial charge in [0.05, 0.1) is 6.61 Å². The Morgan fingerprint density at radius 2 is 2.12 bits per heavy atom. The van der Waals surface area contributed by atoms with Gasteiger partial charge < -0.3 is 5.11 Å². The summed E-state index contributed by atoms with van der Waals surface area (Å²) in [6.07, 6.45) is 8.45. The summed E-state index contributed by atoms with van der Waals surface area (Å²) < 4.78 is 22.1. The van der Waals surface area contributed by atoms with Crippen LogP contribution in [-0.4, -0.2) is 24.9 Å². The molecule has 0 saturated heterocycles. The highest BCUT2D eigenvalue weighted by molar-refractivity contribution is 7.90. The lowest BCUT2D eigenvalue weighted by Gasteiger charge is -2.36. The smallest absolute Gasteiger partial charge is 0.221 e. The number of hydrogen-bond donors (Lipinski definition) is 2. The average Bonchev–Trinajstić information content (AvgIpc) is 2.28. The molecule has 0 bridgehead atoms. The zero-order chi connectivity index (χ0) is 13.1. The summed E-state index contributed by atoms with van der Waals surface area (Å²) in [5, 5.41) is 14.8. The second-order valence-electron chi connectivity index (χ2n) is 4.76. The predicted molar refractivity (Wildman–Crippen MR) is 68.8 cm³/mol. The van der Waals surface area contributed by atoms with Gasteiger partial charge in [0.2, 0.25) is 10.0 Å². The highest BCUT2D eigenvalue weighted by Gasteiger charge is 2.46. The molecule has 0 aliphatic heterocycles. The van der Waals surface area contributed by atoms with Crippen molar-refractivity contribution in [1.82, 2.24) is 0 Å². The van der Waals surface area contributed by atoms with Crippen molar-refractivity contribution in [3.05, 3.63) is 24.3 Å². The molecule has 3 atom stereocenters. The number of aliphatic hydroxyl groups is 1. The fraction of sp³-hybridized carbons (Fsp3) is 0.667. The van der Waals surface area contributed by atoms with Crippen molar-refractivity contribution in [3.8, 4) is 0 Å². The first kappa shape index (κ1) is 14.4. The molecule has 0 heterocycles. The summed E-state index contributed by atoms with van der Waals surface area (Å²) in [4.78, 5) is 0. The fourth-order valence-electron chi connectivity index (χ4n) is 2.15. The van der Waals surface area contributed by atoms with E-state index in [-0.39, 0.29) is 5.92 Å². The van der Waals surface area contributed by atoms with E-state index in [9.17, 15) is 13.5 Å². The van der Waals surface area contributed by atoms with Crippen LogP contribution in [0.25, 0.3) is 0 Å². The van der Waals surface area contributed by atoms with E-state index in [4.69, 9.17) is 5.14 Å². The number of primary sulfonamides is 1. The van der Waals surface area contributed by atoms with Gasteiger partial charge in [-0.1, -0.05) is 44.6 Å². The van der Waals surface area contributed by atoms with E-state index in [2.05, 4.69) is 13.8 Å². The summed E-state index contributed by atoms with van der Waals surface area (Å²) in [6, 6.07) is 0. The Kier molecular flexibility index (Phi) is 4.52. The molecule has 5 heteroatoms. The van der Waals surface area contributed by atoms with Crippen LogP contribution in [0, 0.1) is 11.8 Å². The van der Waals surface area contributed by atoms with E-state index in [1.165, 1.54) is 6.08 Å². The van der Waals surface area contributed by atoms with E-state index in [0.29, 0.717) is 12.3 Å². The van der Waals surface area contributed by atoms with Crippen molar-refractivity contribution >= 4 is 10.0 Å². The van der Waals surface area contributed by atoms with Gasteiger partial charge in [0.15, 0.2) is 0 Å². The van der Waals surface area contributed by atoms with Crippen LogP contribution in [-0.2, 0) is 10.0 Å².